The largest absolute Gasteiger partial charge is 0.494 e. The summed E-state index contributed by atoms with van der Waals surface area (Å²) in [4.78, 5) is 27.5. The number of hydrogen-bond acceptors (Lipinski definition) is 3. The van der Waals surface area contributed by atoms with Crippen LogP contribution in [0.15, 0.2) is 48.5 Å². The van der Waals surface area contributed by atoms with Crippen molar-refractivity contribution in [2.75, 3.05) is 6.61 Å². The molecule has 0 fully saturated rings. The number of nitrogens with one attached hydrogen (secondary N) is 1. The van der Waals surface area contributed by atoms with Crippen LogP contribution in [0.1, 0.15) is 51.7 Å². The number of benzene rings is 2. The van der Waals surface area contributed by atoms with Gasteiger partial charge in [-0.05, 0) is 70.9 Å². The van der Waals surface area contributed by atoms with Crippen LogP contribution in [0.25, 0.3) is 0 Å². The second kappa shape index (κ2) is 11.2. The van der Waals surface area contributed by atoms with Gasteiger partial charge in [-0.15, -0.1) is 0 Å². The summed E-state index contributed by atoms with van der Waals surface area (Å²) >= 11 is 5.88. The van der Waals surface area contributed by atoms with Gasteiger partial charge >= 0.3 is 0 Å². The Labute approximate surface area is 190 Å². The Morgan fingerprint density at radius 2 is 1.81 bits per heavy atom. The summed E-state index contributed by atoms with van der Waals surface area (Å²) in [5.74, 6) is 0.482. The van der Waals surface area contributed by atoms with Crippen LogP contribution in [0.2, 0.25) is 5.02 Å². The molecule has 0 aliphatic carbocycles. The van der Waals surface area contributed by atoms with Crippen LogP contribution in [-0.2, 0) is 16.1 Å². The van der Waals surface area contributed by atoms with Gasteiger partial charge in [-0.25, -0.2) is 0 Å². The molecule has 0 unspecified atom stereocenters. The second-order valence-electron chi connectivity index (χ2n) is 8.83. The maximum atomic E-state index is 13.1. The van der Waals surface area contributed by atoms with Crippen LogP contribution in [0.3, 0.4) is 0 Å². The number of amides is 2. The zero-order chi connectivity index (χ0) is 23.0. The summed E-state index contributed by atoms with van der Waals surface area (Å²) in [5, 5.41) is 3.63. The Kier molecular flexibility index (Phi) is 8.93. The van der Waals surface area contributed by atoms with Gasteiger partial charge in [-0.1, -0.05) is 41.4 Å². The van der Waals surface area contributed by atoms with Crippen molar-refractivity contribution < 1.29 is 14.3 Å². The molecule has 2 amide bonds. The van der Waals surface area contributed by atoms with Gasteiger partial charge in [0.1, 0.15) is 11.8 Å². The van der Waals surface area contributed by atoms with Crippen LogP contribution in [0.5, 0.6) is 5.75 Å². The normalized spacial score (nSPS) is 12.2. The van der Waals surface area contributed by atoms with Crippen LogP contribution in [-0.4, -0.2) is 34.9 Å². The number of carbonyl (C=O) groups excluding carboxylic acids is 2. The quantitative estimate of drug-likeness (QED) is 0.545. The lowest BCUT2D eigenvalue weighted by Crippen LogP contribution is -2.52. The molecule has 0 saturated carbocycles. The maximum absolute atomic E-state index is 13.1. The first kappa shape index (κ1) is 24.7. The van der Waals surface area contributed by atoms with Crippen molar-refractivity contribution in [1.82, 2.24) is 10.2 Å². The highest BCUT2D eigenvalue weighted by Gasteiger charge is 2.28. The lowest BCUT2D eigenvalue weighted by molar-refractivity contribution is -0.141. The highest BCUT2D eigenvalue weighted by molar-refractivity contribution is 6.30. The fourth-order valence-corrected chi connectivity index (χ4v) is 3.28. The highest BCUT2D eigenvalue weighted by atomic mass is 35.5. The third-order valence-corrected chi connectivity index (χ3v) is 4.97. The van der Waals surface area contributed by atoms with Crippen molar-refractivity contribution >= 4 is 23.4 Å². The molecule has 6 heteroatoms. The van der Waals surface area contributed by atoms with Gasteiger partial charge in [0.25, 0.3) is 0 Å². The maximum Gasteiger partial charge on any atom is 0.242 e. The number of aryl methyl sites for hydroxylation is 1. The Morgan fingerprint density at radius 1 is 1.13 bits per heavy atom. The molecule has 0 heterocycles. The van der Waals surface area contributed by atoms with Crippen molar-refractivity contribution in [3.05, 3.63) is 64.7 Å². The molecular weight excluding hydrogens is 412 g/mol. The van der Waals surface area contributed by atoms with Crippen LogP contribution in [0.4, 0.5) is 0 Å². The van der Waals surface area contributed by atoms with Crippen LogP contribution < -0.4 is 10.1 Å². The van der Waals surface area contributed by atoms with E-state index in [1.165, 1.54) is 0 Å². The minimum absolute atomic E-state index is 0.0715. The number of nitrogens with zero attached hydrogens (tertiary/aromatic N) is 1. The van der Waals surface area contributed by atoms with Gasteiger partial charge < -0.3 is 15.0 Å². The molecule has 1 atom stereocenters. The average molecular weight is 445 g/mol. The first-order valence-corrected chi connectivity index (χ1v) is 11.0. The van der Waals surface area contributed by atoms with Crippen molar-refractivity contribution in [2.24, 2.45) is 0 Å². The first-order chi connectivity index (χ1) is 14.5. The molecule has 5 nitrogen and oxygen atoms in total. The zero-order valence-corrected chi connectivity index (χ0v) is 19.8. The molecule has 2 aromatic rings. The Morgan fingerprint density at radius 3 is 2.42 bits per heavy atom. The molecule has 168 valence electrons. The Bertz CT molecular complexity index is 875. The summed E-state index contributed by atoms with van der Waals surface area (Å²) in [7, 11) is 0. The van der Waals surface area contributed by atoms with Crippen LogP contribution in [0, 0.1) is 6.92 Å². The predicted octanol–water partition coefficient (Wildman–Crippen LogP) is 5.14. The topological polar surface area (TPSA) is 58.6 Å². The highest BCUT2D eigenvalue weighted by Crippen LogP contribution is 2.17. The molecule has 0 spiro atoms. The molecule has 1 N–H and O–H groups in total. The average Bonchev–Trinajstić information content (AvgIpc) is 2.69. The third-order valence-electron chi connectivity index (χ3n) is 4.72. The molecule has 31 heavy (non-hydrogen) atoms. The molecule has 0 radical (unpaired) electrons. The summed E-state index contributed by atoms with van der Waals surface area (Å²) in [6, 6.07) is 14.5. The third kappa shape index (κ3) is 8.62. The second-order valence-corrected chi connectivity index (χ2v) is 9.27. The lowest BCUT2D eigenvalue weighted by Gasteiger charge is -2.31. The fraction of sp³-hybridized carbons (Fsp3) is 0.440. The minimum Gasteiger partial charge on any atom is -0.494 e. The zero-order valence-electron chi connectivity index (χ0n) is 19.1. The summed E-state index contributed by atoms with van der Waals surface area (Å²) in [6.45, 7) is 10.4. The molecule has 0 aliphatic heterocycles. The van der Waals surface area contributed by atoms with Crippen molar-refractivity contribution in [2.45, 2.75) is 65.6 Å². The monoisotopic (exact) mass is 444 g/mol. The lowest BCUT2D eigenvalue weighted by atomic mass is 10.1. The Balaban J connectivity index is 2.02. The first-order valence-electron chi connectivity index (χ1n) is 10.6. The standard InChI is InChI=1S/C25H33ClN2O3/c1-18-8-6-9-20(16-18)17-28(19(2)24(30)27-25(3,4)5)23(29)10-7-15-31-22-13-11-21(26)12-14-22/h6,8-9,11-14,16,19H,7,10,15,17H2,1-5H3,(H,27,30)/t19-/m1/s1. The minimum atomic E-state index is -0.579. The van der Waals surface area contributed by atoms with Crippen molar-refractivity contribution in [3.63, 3.8) is 0 Å². The van der Waals surface area contributed by atoms with Gasteiger partial charge in [0.15, 0.2) is 0 Å². The SMILES string of the molecule is Cc1cccc(CN(C(=O)CCCOc2ccc(Cl)cc2)[C@H](C)C(=O)NC(C)(C)C)c1. The molecule has 0 saturated heterocycles. The van der Waals surface area contributed by atoms with Gasteiger partial charge in [0.05, 0.1) is 6.61 Å². The molecule has 0 aliphatic rings. The molecule has 0 aromatic heterocycles. The summed E-state index contributed by atoms with van der Waals surface area (Å²) in [5.41, 5.74) is 1.75. The van der Waals surface area contributed by atoms with Crippen molar-refractivity contribution in [3.8, 4) is 5.75 Å². The Hall–Kier alpha value is -2.53. The predicted molar refractivity (Wildman–Crippen MR) is 125 cm³/mol. The van der Waals surface area contributed by atoms with E-state index < -0.39 is 6.04 Å². The number of ether oxygens (including phenoxy) is 1. The van der Waals surface area contributed by atoms with E-state index in [4.69, 9.17) is 16.3 Å². The van der Waals surface area contributed by atoms with E-state index in [1.54, 1.807) is 36.1 Å². The summed E-state index contributed by atoms with van der Waals surface area (Å²) < 4.78 is 5.69. The van der Waals surface area contributed by atoms with E-state index in [0.29, 0.717) is 36.8 Å². The van der Waals surface area contributed by atoms with E-state index in [1.807, 2.05) is 52.0 Å². The van der Waals surface area contributed by atoms with E-state index in [0.717, 1.165) is 11.1 Å². The van der Waals surface area contributed by atoms with E-state index in [9.17, 15) is 9.59 Å². The van der Waals surface area contributed by atoms with Crippen molar-refractivity contribution in [1.29, 1.82) is 0 Å². The van der Waals surface area contributed by atoms with Gasteiger partial charge in [0, 0.05) is 23.5 Å². The summed E-state index contributed by atoms with van der Waals surface area (Å²) in [6.07, 6.45) is 0.853. The smallest absolute Gasteiger partial charge is 0.242 e. The number of hydrogen-bond donors (Lipinski definition) is 1. The molecular formula is C25H33ClN2O3. The fourth-order valence-electron chi connectivity index (χ4n) is 3.15. The molecule has 0 bridgehead atoms. The molecule has 2 aromatic carbocycles. The van der Waals surface area contributed by atoms with E-state index in [-0.39, 0.29) is 17.4 Å². The van der Waals surface area contributed by atoms with Crippen LogP contribution >= 0.6 is 11.6 Å². The van der Waals surface area contributed by atoms with Gasteiger partial charge in [-0.3, -0.25) is 9.59 Å². The number of carbonyl (C=O) groups is 2. The van der Waals surface area contributed by atoms with Gasteiger partial charge in [-0.2, -0.15) is 0 Å². The van der Waals surface area contributed by atoms with E-state index in [2.05, 4.69) is 5.32 Å². The number of halogens is 1. The van der Waals surface area contributed by atoms with E-state index >= 15 is 0 Å². The van der Waals surface area contributed by atoms with Gasteiger partial charge in [0.2, 0.25) is 11.8 Å². The number of rotatable bonds is 9. The molecule has 2 rings (SSSR count).